The van der Waals surface area contributed by atoms with Gasteiger partial charge in [0.15, 0.2) is 0 Å². The highest BCUT2D eigenvalue weighted by atomic mass is 16.5. The lowest BCUT2D eigenvalue weighted by Crippen LogP contribution is -2.42. The van der Waals surface area contributed by atoms with Crippen LogP contribution in [-0.2, 0) is 21.4 Å². The molecule has 2 aromatic rings. The Morgan fingerprint density at radius 1 is 1.23 bits per heavy atom. The largest absolute Gasteiger partial charge is 0.507 e. The maximum atomic E-state index is 13.1. The van der Waals surface area contributed by atoms with Gasteiger partial charge in [-0.1, -0.05) is 6.07 Å². The van der Waals surface area contributed by atoms with Gasteiger partial charge in [0.25, 0.3) is 11.7 Å². The molecular formula is C22H27N5O4. The van der Waals surface area contributed by atoms with Gasteiger partial charge in [-0.15, -0.1) is 0 Å². The molecule has 0 aliphatic carbocycles. The van der Waals surface area contributed by atoms with Crippen molar-refractivity contribution in [3.63, 3.8) is 0 Å². The van der Waals surface area contributed by atoms with Crippen LogP contribution in [0.2, 0.25) is 0 Å². The van der Waals surface area contributed by atoms with Gasteiger partial charge in [-0.2, -0.15) is 5.10 Å². The number of amides is 1. The zero-order valence-corrected chi connectivity index (χ0v) is 18.0. The van der Waals surface area contributed by atoms with Crippen LogP contribution in [-0.4, -0.2) is 80.8 Å². The number of ketones is 1. The van der Waals surface area contributed by atoms with Crippen LogP contribution in [0.4, 0.5) is 0 Å². The quantitative estimate of drug-likeness (QED) is 0.436. The molecular weight excluding hydrogens is 398 g/mol. The number of hydrogen-bond acceptors (Lipinski definition) is 7. The van der Waals surface area contributed by atoms with E-state index in [1.54, 1.807) is 42.0 Å². The second-order valence-electron chi connectivity index (χ2n) is 7.90. The number of rotatable bonds is 5. The Labute approximate surface area is 180 Å². The molecule has 1 N–H and O–H groups in total. The highest BCUT2D eigenvalue weighted by Crippen LogP contribution is 2.39. The van der Waals surface area contributed by atoms with Crippen molar-refractivity contribution in [3.8, 4) is 0 Å². The van der Waals surface area contributed by atoms with Crippen LogP contribution in [0.15, 0.2) is 30.1 Å². The van der Waals surface area contributed by atoms with Gasteiger partial charge in [0.1, 0.15) is 5.76 Å². The topological polar surface area (TPSA) is 101 Å². The lowest BCUT2D eigenvalue weighted by molar-refractivity contribution is -0.140. The number of nitrogens with zero attached hydrogens (tertiary/aromatic N) is 5. The zero-order chi connectivity index (χ0) is 22.1. The first-order chi connectivity index (χ1) is 14.9. The Kier molecular flexibility index (Phi) is 5.88. The summed E-state index contributed by atoms with van der Waals surface area (Å²) in [6, 6.07) is 2.88. The zero-order valence-electron chi connectivity index (χ0n) is 18.0. The van der Waals surface area contributed by atoms with Crippen LogP contribution in [0.25, 0.3) is 5.76 Å². The minimum absolute atomic E-state index is 0.0826. The first-order valence-electron chi connectivity index (χ1n) is 10.4. The monoisotopic (exact) mass is 425 g/mol. The predicted molar refractivity (Wildman–Crippen MR) is 113 cm³/mol. The van der Waals surface area contributed by atoms with E-state index >= 15 is 0 Å². The SMILES string of the molecule is Cc1nn(C)c(C)c1C(O)=C1C(=O)C(=O)N(CCN2CCOCC2)[C@@H]1c1cccnc1. The van der Waals surface area contributed by atoms with Crippen LogP contribution >= 0.6 is 0 Å². The average molecular weight is 425 g/mol. The Morgan fingerprint density at radius 3 is 2.58 bits per heavy atom. The molecule has 0 saturated carbocycles. The molecule has 0 unspecified atom stereocenters. The fourth-order valence-electron chi connectivity index (χ4n) is 4.32. The van der Waals surface area contributed by atoms with E-state index < -0.39 is 17.7 Å². The summed E-state index contributed by atoms with van der Waals surface area (Å²) in [5.41, 5.74) is 2.58. The van der Waals surface area contributed by atoms with Crippen LogP contribution < -0.4 is 0 Å². The van der Waals surface area contributed by atoms with E-state index in [9.17, 15) is 14.7 Å². The predicted octanol–water partition coefficient (Wildman–Crippen LogP) is 1.19. The van der Waals surface area contributed by atoms with E-state index in [1.807, 2.05) is 13.0 Å². The van der Waals surface area contributed by atoms with Gasteiger partial charge in [-0.3, -0.25) is 24.2 Å². The summed E-state index contributed by atoms with van der Waals surface area (Å²) in [6.07, 6.45) is 3.27. The first kappa shape index (κ1) is 21.2. The van der Waals surface area contributed by atoms with E-state index in [-0.39, 0.29) is 11.3 Å². The maximum absolute atomic E-state index is 13.1. The second-order valence-corrected chi connectivity index (χ2v) is 7.90. The molecule has 4 rings (SSSR count). The van der Waals surface area contributed by atoms with Gasteiger partial charge in [0.2, 0.25) is 0 Å². The van der Waals surface area contributed by atoms with Crippen LogP contribution in [0.3, 0.4) is 0 Å². The normalized spacial score (nSPS) is 21.8. The minimum atomic E-state index is -0.700. The van der Waals surface area contributed by atoms with Gasteiger partial charge in [-0.25, -0.2) is 0 Å². The average Bonchev–Trinajstić information content (AvgIpc) is 3.18. The van der Waals surface area contributed by atoms with Crippen molar-refractivity contribution in [2.24, 2.45) is 7.05 Å². The second kappa shape index (κ2) is 8.60. The molecule has 9 nitrogen and oxygen atoms in total. The summed E-state index contributed by atoms with van der Waals surface area (Å²) in [5, 5.41) is 15.6. The lowest BCUT2D eigenvalue weighted by atomic mass is 9.95. The molecule has 31 heavy (non-hydrogen) atoms. The maximum Gasteiger partial charge on any atom is 0.295 e. The minimum Gasteiger partial charge on any atom is -0.507 e. The third-order valence-electron chi connectivity index (χ3n) is 6.05. The molecule has 2 aromatic heterocycles. The van der Waals surface area contributed by atoms with Crippen LogP contribution in [0.5, 0.6) is 0 Å². The van der Waals surface area contributed by atoms with Crippen LogP contribution in [0, 0.1) is 13.8 Å². The number of ether oxygens (including phenoxy) is 1. The highest BCUT2D eigenvalue weighted by Gasteiger charge is 2.46. The summed E-state index contributed by atoms with van der Waals surface area (Å²) >= 11 is 0. The third-order valence-corrected chi connectivity index (χ3v) is 6.05. The fraction of sp³-hybridized carbons (Fsp3) is 0.455. The van der Waals surface area contributed by atoms with E-state index in [0.29, 0.717) is 43.1 Å². The molecule has 1 atom stereocenters. The molecule has 2 aliphatic heterocycles. The number of aliphatic hydroxyl groups excluding tert-OH is 1. The van der Waals surface area contributed by atoms with Crippen molar-refractivity contribution < 1.29 is 19.4 Å². The van der Waals surface area contributed by atoms with Crippen LogP contribution in [0.1, 0.15) is 28.6 Å². The molecule has 0 spiro atoms. The fourth-order valence-corrected chi connectivity index (χ4v) is 4.32. The molecule has 164 valence electrons. The number of hydrogen-bond donors (Lipinski definition) is 1. The van der Waals surface area contributed by atoms with E-state index in [0.717, 1.165) is 18.8 Å². The number of aliphatic hydroxyl groups is 1. The van der Waals surface area contributed by atoms with Gasteiger partial charge >= 0.3 is 0 Å². The van der Waals surface area contributed by atoms with Gasteiger partial charge < -0.3 is 14.7 Å². The highest BCUT2D eigenvalue weighted by molar-refractivity contribution is 6.46. The molecule has 2 fully saturated rings. The molecule has 0 bridgehead atoms. The number of pyridine rings is 1. The van der Waals surface area contributed by atoms with E-state index in [4.69, 9.17) is 4.74 Å². The number of morpholine rings is 1. The third kappa shape index (κ3) is 3.86. The van der Waals surface area contributed by atoms with Crippen molar-refractivity contribution in [1.29, 1.82) is 0 Å². The summed E-state index contributed by atoms with van der Waals surface area (Å²) < 4.78 is 7.04. The summed E-state index contributed by atoms with van der Waals surface area (Å²) in [7, 11) is 1.78. The summed E-state index contributed by atoms with van der Waals surface area (Å²) in [5.74, 6) is -1.48. The lowest BCUT2D eigenvalue weighted by Gasteiger charge is -2.30. The number of aromatic nitrogens is 3. The summed E-state index contributed by atoms with van der Waals surface area (Å²) in [4.78, 5) is 34.1. The van der Waals surface area contributed by atoms with Gasteiger partial charge in [0.05, 0.1) is 36.1 Å². The molecule has 9 heteroatoms. The molecule has 2 saturated heterocycles. The van der Waals surface area contributed by atoms with Gasteiger partial charge in [0, 0.05) is 51.3 Å². The van der Waals surface area contributed by atoms with Crippen molar-refractivity contribution in [2.45, 2.75) is 19.9 Å². The molecule has 1 amide bonds. The van der Waals surface area contributed by atoms with E-state index in [2.05, 4.69) is 15.0 Å². The van der Waals surface area contributed by atoms with E-state index in [1.165, 1.54) is 0 Å². The van der Waals surface area contributed by atoms with Crippen molar-refractivity contribution in [3.05, 3.63) is 52.6 Å². The number of likely N-dealkylation sites (tertiary alicyclic amines) is 1. The molecule has 2 aliphatic rings. The molecule has 0 radical (unpaired) electrons. The Morgan fingerprint density at radius 2 is 1.97 bits per heavy atom. The molecule has 4 heterocycles. The Balaban J connectivity index is 1.76. The number of carbonyl (C=O) groups excluding carboxylic acids is 2. The smallest absolute Gasteiger partial charge is 0.295 e. The Hall–Kier alpha value is -3.04. The summed E-state index contributed by atoms with van der Waals surface area (Å²) in [6.45, 7) is 7.47. The first-order valence-corrected chi connectivity index (χ1v) is 10.4. The number of Topliss-reactive ketones (excluding diaryl/α,β-unsaturated/α-hetero) is 1. The van der Waals surface area contributed by atoms with Crippen molar-refractivity contribution >= 4 is 17.4 Å². The van der Waals surface area contributed by atoms with Crippen molar-refractivity contribution in [1.82, 2.24) is 24.6 Å². The standard InChI is InChI=1S/C22H27N5O4/c1-14-17(15(2)25(3)24-14)20(28)18-19(16-5-4-6-23-13-16)27(22(30)21(18)29)8-7-26-9-11-31-12-10-26/h4-6,13,19,28H,7-12H2,1-3H3/t19-/m1/s1. The van der Waals surface area contributed by atoms with Crippen molar-refractivity contribution in [2.75, 3.05) is 39.4 Å². The molecule has 0 aromatic carbocycles. The number of aryl methyl sites for hydroxylation is 2. The van der Waals surface area contributed by atoms with Gasteiger partial charge in [-0.05, 0) is 25.5 Å². The Bertz CT molecular complexity index is 1020. The number of carbonyl (C=O) groups is 2.